The van der Waals surface area contributed by atoms with Crippen molar-refractivity contribution < 1.29 is 14.6 Å². The van der Waals surface area contributed by atoms with Gasteiger partial charge >= 0.3 is 0 Å². The maximum Gasteiger partial charge on any atom is 0.169 e. The summed E-state index contributed by atoms with van der Waals surface area (Å²) < 4.78 is 11.5. The summed E-state index contributed by atoms with van der Waals surface area (Å²) in [5.41, 5.74) is 0. The minimum Gasteiger partial charge on any atom is -0.487 e. The quantitative estimate of drug-likeness (QED) is 0.848. The number of hydrogen-bond acceptors (Lipinski definition) is 4. The van der Waals surface area contributed by atoms with Gasteiger partial charge in [-0.15, -0.1) is 0 Å². The third kappa shape index (κ3) is 5.22. The summed E-state index contributed by atoms with van der Waals surface area (Å²) in [4.78, 5) is 1.91. The lowest BCUT2D eigenvalue weighted by atomic mass is 10.3. The predicted octanol–water partition coefficient (Wildman–Crippen LogP) is 3.43. The van der Waals surface area contributed by atoms with E-state index in [4.69, 9.17) is 21.1 Å². The number of likely N-dealkylation sites (N-methyl/N-ethyl adjacent to an activating group) is 1. The van der Waals surface area contributed by atoms with Gasteiger partial charge in [0.05, 0.1) is 0 Å². The third-order valence-corrected chi connectivity index (χ3v) is 3.15. The van der Waals surface area contributed by atoms with Gasteiger partial charge in [-0.05, 0) is 50.5 Å². The largest absolute Gasteiger partial charge is 0.487 e. The van der Waals surface area contributed by atoms with Crippen molar-refractivity contribution in [3.05, 3.63) is 53.6 Å². The molecule has 0 heterocycles. The molecule has 1 N–H and O–H groups in total. The van der Waals surface area contributed by atoms with Crippen LogP contribution in [0.15, 0.2) is 48.5 Å². The zero-order valence-electron chi connectivity index (χ0n) is 12.7. The number of hydrogen-bond donors (Lipinski definition) is 1. The fourth-order valence-electron chi connectivity index (χ4n) is 1.94. The first-order chi connectivity index (χ1) is 10.5. The molecule has 0 saturated heterocycles. The third-order valence-electron chi connectivity index (χ3n) is 2.90. The fourth-order valence-corrected chi connectivity index (χ4v) is 2.07. The monoisotopic (exact) mass is 321 g/mol. The van der Waals surface area contributed by atoms with Gasteiger partial charge in [-0.25, -0.2) is 0 Å². The van der Waals surface area contributed by atoms with Crippen molar-refractivity contribution in [3.63, 3.8) is 0 Å². The molecular formula is C17H20ClNO3. The van der Waals surface area contributed by atoms with Crippen molar-refractivity contribution in [2.45, 2.75) is 6.10 Å². The summed E-state index contributed by atoms with van der Waals surface area (Å²) in [5.74, 6) is 1.87. The van der Waals surface area contributed by atoms with Crippen LogP contribution in [-0.2, 0) is 0 Å². The van der Waals surface area contributed by atoms with E-state index >= 15 is 0 Å². The van der Waals surface area contributed by atoms with E-state index in [1.807, 2.05) is 43.3 Å². The van der Waals surface area contributed by atoms with E-state index in [-0.39, 0.29) is 6.61 Å². The average Bonchev–Trinajstić information content (AvgIpc) is 2.48. The Balaban J connectivity index is 2.02. The minimum atomic E-state index is -0.557. The van der Waals surface area contributed by atoms with Crippen molar-refractivity contribution in [2.75, 3.05) is 27.2 Å². The smallest absolute Gasteiger partial charge is 0.169 e. The van der Waals surface area contributed by atoms with Crippen molar-refractivity contribution in [1.82, 2.24) is 4.90 Å². The molecule has 118 valence electrons. The van der Waals surface area contributed by atoms with Gasteiger partial charge in [-0.1, -0.05) is 23.7 Å². The normalized spacial score (nSPS) is 12.2. The molecule has 0 aliphatic carbocycles. The number of aliphatic hydroxyl groups is 1. The van der Waals surface area contributed by atoms with Gasteiger partial charge in [0.1, 0.15) is 18.5 Å². The zero-order valence-corrected chi connectivity index (χ0v) is 13.5. The molecule has 0 amide bonds. The Bertz CT molecular complexity index is 587. The molecule has 1 atom stereocenters. The average molecular weight is 322 g/mol. The minimum absolute atomic E-state index is 0.208. The van der Waals surface area contributed by atoms with Crippen LogP contribution in [-0.4, -0.2) is 43.4 Å². The van der Waals surface area contributed by atoms with Crippen LogP contribution in [0.2, 0.25) is 5.02 Å². The molecule has 0 aliphatic rings. The number of aliphatic hydroxyl groups excluding tert-OH is 1. The first-order valence-corrected chi connectivity index (χ1v) is 7.40. The Morgan fingerprint density at radius 3 is 2.32 bits per heavy atom. The first kappa shape index (κ1) is 16.6. The van der Waals surface area contributed by atoms with Gasteiger partial charge in [-0.2, -0.15) is 0 Å². The number of para-hydroxylation sites is 2. The van der Waals surface area contributed by atoms with Crippen LogP contribution in [0.1, 0.15) is 0 Å². The summed E-state index contributed by atoms with van der Waals surface area (Å²) in [6, 6.07) is 14.5. The van der Waals surface area contributed by atoms with Gasteiger partial charge in [0, 0.05) is 11.6 Å². The fraction of sp³-hybridized carbons (Fsp3) is 0.294. The summed E-state index contributed by atoms with van der Waals surface area (Å²) in [6.45, 7) is 0.749. The second-order valence-electron chi connectivity index (χ2n) is 5.23. The van der Waals surface area contributed by atoms with Crippen LogP contribution in [0.4, 0.5) is 0 Å². The van der Waals surface area contributed by atoms with E-state index in [9.17, 15) is 5.11 Å². The number of halogens is 1. The van der Waals surface area contributed by atoms with Gasteiger partial charge in [0.15, 0.2) is 11.5 Å². The number of nitrogens with zero attached hydrogens (tertiary/aromatic N) is 1. The van der Waals surface area contributed by atoms with E-state index in [0.717, 1.165) is 0 Å². The molecule has 1 unspecified atom stereocenters. The maximum absolute atomic E-state index is 9.87. The molecule has 0 fully saturated rings. The molecule has 2 rings (SSSR count). The molecular weight excluding hydrogens is 302 g/mol. The van der Waals surface area contributed by atoms with Crippen LogP contribution in [0.3, 0.4) is 0 Å². The highest BCUT2D eigenvalue weighted by Crippen LogP contribution is 2.31. The SMILES string of the molecule is CN(C)CC(O)COc1ccccc1Oc1ccc(Cl)cc1. The van der Waals surface area contributed by atoms with Gasteiger partial charge < -0.3 is 19.5 Å². The van der Waals surface area contributed by atoms with E-state index < -0.39 is 6.10 Å². The summed E-state index contributed by atoms with van der Waals surface area (Å²) >= 11 is 5.86. The summed E-state index contributed by atoms with van der Waals surface area (Å²) in [5, 5.41) is 10.5. The van der Waals surface area contributed by atoms with Crippen molar-refractivity contribution in [1.29, 1.82) is 0 Å². The van der Waals surface area contributed by atoms with Crippen LogP contribution in [0.5, 0.6) is 17.2 Å². The van der Waals surface area contributed by atoms with Crippen LogP contribution in [0.25, 0.3) is 0 Å². The van der Waals surface area contributed by atoms with Crippen LogP contribution < -0.4 is 9.47 Å². The highest BCUT2D eigenvalue weighted by Gasteiger charge is 2.10. The van der Waals surface area contributed by atoms with Gasteiger partial charge in [0.2, 0.25) is 0 Å². The van der Waals surface area contributed by atoms with E-state index in [0.29, 0.717) is 28.8 Å². The number of ether oxygens (including phenoxy) is 2. The summed E-state index contributed by atoms with van der Waals surface area (Å²) in [7, 11) is 3.81. The lowest BCUT2D eigenvalue weighted by Gasteiger charge is -2.18. The van der Waals surface area contributed by atoms with Gasteiger partial charge in [0.25, 0.3) is 0 Å². The lowest BCUT2D eigenvalue weighted by molar-refractivity contribution is 0.0821. The molecule has 0 bridgehead atoms. The van der Waals surface area contributed by atoms with Crippen LogP contribution >= 0.6 is 11.6 Å². The molecule has 0 aromatic heterocycles. The molecule has 0 radical (unpaired) electrons. The Hall–Kier alpha value is -1.75. The molecule has 0 aliphatic heterocycles. The number of benzene rings is 2. The predicted molar refractivity (Wildman–Crippen MR) is 88.0 cm³/mol. The molecule has 22 heavy (non-hydrogen) atoms. The molecule has 5 heteroatoms. The Morgan fingerprint density at radius 1 is 1.05 bits per heavy atom. The highest BCUT2D eigenvalue weighted by atomic mass is 35.5. The summed E-state index contributed by atoms with van der Waals surface area (Å²) in [6.07, 6.45) is -0.557. The van der Waals surface area contributed by atoms with Crippen LogP contribution in [0, 0.1) is 0 Å². The molecule has 0 spiro atoms. The standard InChI is InChI=1S/C17H20ClNO3/c1-19(2)11-14(20)12-21-16-5-3-4-6-17(16)22-15-9-7-13(18)8-10-15/h3-10,14,20H,11-12H2,1-2H3. The zero-order chi connectivity index (χ0) is 15.9. The second kappa shape index (κ2) is 8.03. The number of rotatable bonds is 7. The Kier molecular flexibility index (Phi) is 6.07. The van der Waals surface area contributed by atoms with Crippen molar-refractivity contribution in [2.24, 2.45) is 0 Å². The molecule has 0 saturated carbocycles. The first-order valence-electron chi connectivity index (χ1n) is 7.02. The molecule has 2 aromatic carbocycles. The van der Waals surface area contributed by atoms with Gasteiger partial charge in [-0.3, -0.25) is 0 Å². The molecule has 2 aromatic rings. The van der Waals surface area contributed by atoms with E-state index in [1.54, 1.807) is 24.3 Å². The Labute approximate surface area is 135 Å². The maximum atomic E-state index is 9.87. The topological polar surface area (TPSA) is 41.9 Å². The van der Waals surface area contributed by atoms with E-state index in [1.165, 1.54) is 0 Å². The van der Waals surface area contributed by atoms with Crippen molar-refractivity contribution in [3.8, 4) is 17.2 Å². The van der Waals surface area contributed by atoms with Crippen molar-refractivity contribution >= 4 is 11.6 Å². The Morgan fingerprint density at radius 2 is 1.68 bits per heavy atom. The molecule has 4 nitrogen and oxygen atoms in total. The second-order valence-corrected chi connectivity index (χ2v) is 5.67. The lowest BCUT2D eigenvalue weighted by Crippen LogP contribution is -2.30. The highest BCUT2D eigenvalue weighted by molar-refractivity contribution is 6.30. The van der Waals surface area contributed by atoms with E-state index in [2.05, 4.69) is 0 Å².